The number of thioether (sulfide) groups is 1. The summed E-state index contributed by atoms with van der Waals surface area (Å²) in [5.41, 5.74) is 0. The SMILES string of the molecule is CCCCN=C(SC)N(C)C#N. The van der Waals surface area contributed by atoms with E-state index in [2.05, 4.69) is 11.9 Å². The number of aliphatic imine (C=N–C) groups is 1. The number of nitriles is 1. The Morgan fingerprint density at radius 3 is 2.75 bits per heavy atom. The van der Waals surface area contributed by atoms with Crippen molar-refractivity contribution in [3.05, 3.63) is 0 Å². The van der Waals surface area contributed by atoms with Crippen LogP contribution in [-0.4, -0.2) is 29.9 Å². The van der Waals surface area contributed by atoms with E-state index in [1.807, 2.05) is 12.4 Å². The third kappa shape index (κ3) is 4.24. The van der Waals surface area contributed by atoms with Crippen LogP contribution in [0.15, 0.2) is 4.99 Å². The van der Waals surface area contributed by atoms with Crippen molar-refractivity contribution >= 4 is 16.9 Å². The van der Waals surface area contributed by atoms with Crippen LogP contribution < -0.4 is 0 Å². The zero-order valence-corrected chi connectivity index (χ0v) is 8.69. The number of nitrogens with zero attached hydrogens (tertiary/aromatic N) is 3. The van der Waals surface area contributed by atoms with Crippen LogP contribution >= 0.6 is 11.8 Å². The largest absolute Gasteiger partial charge is 0.262 e. The summed E-state index contributed by atoms with van der Waals surface area (Å²) in [5, 5.41) is 9.37. The molecule has 0 N–H and O–H groups in total. The molecule has 0 spiro atoms. The number of hydrogen-bond acceptors (Lipinski definition) is 3. The van der Waals surface area contributed by atoms with E-state index in [0.29, 0.717) is 0 Å². The first-order valence-electron chi connectivity index (χ1n) is 3.98. The molecule has 0 saturated heterocycles. The smallest absolute Gasteiger partial charge is 0.185 e. The van der Waals surface area contributed by atoms with Gasteiger partial charge in [-0.2, -0.15) is 5.26 Å². The molecule has 68 valence electrons. The molecule has 0 unspecified atom stereocenters. The maximum atomic E-state index is 8.57. The lowest BCUT2D eigenvalue weighted by atomic mass is 10.3. The fourth-order valence-electron chi connectivity index (χ4n) is 0.683. The van der Waals surface area contributed by atoms with Gasteiger partial charge >= 0.3 is 0 Å². The van der Waals surface area contributed by atoms with Gasteiger partial charge in [0.25, 0.3) is 0 Å². The second-order valence-electron chi connectivity index (χ2n) is 2.38. The molecular weight excluding hydrogens is 170 g/mol. The number of amidine groups is 1. The molecule has 0 saturated carbocycles. The van der Waals surface area contributed by atoms with Gasteiger partial charge in [0.1, 0.15) is 0 Å². The van der Waals surface area contributed by atoms with E-state index in [1.165, 1.54) is 16.7 Å². The van der Waals surface area contributed by atoms with Crippen LogP contribution in [0.3, 0.4) is 0 Å². The van der Waals surface area contributed by atoms with Crippen molar-refractivity contribution in [2.45, 2.75) is 19.8 Å². The van der Waals surface area contributed by atoms with Gasteiger partial charge in [-0.05, 0) is 12.7 Å². The van der Waals surface area contributed by atoms with Crippen LogP contribution in [0.4, 0.5) is 0 Å². The lowest BCUT2D eigenvalue weighted by Crippen LogP contribution is -2.18. The average Bonchev–Trinajstić information content (AvgIpc) is 2.11. The molecule has 0 aromatic rings. The summed E-state index contributed by atoms with van der Waals surface area (Å²) in [4.78, 5) is 5.77. The Hall–Kier alpha value is -0.690. The van der Waals surface area contributed by atoms with Crippen molar-refractivity contribution in [3.63, 3.8) is 0 Å². The van der Waals surface area contributed by atoms with E-state index in [-0.39, 0.29) is 0 Å². The Morgan fingerprint density at radius 2 is 2.33 bits per heavy atom. The molecule has 4 heteroatoms. The predicted molar refractivity (Wildman–Crippen MR) is 54.1 cm³/mol. The zero-order chi connectivity index (χ0) is 9.40. The standard InChI is InChI=1S/C8H15N3S/c1-4-5-6-10-8(12-3)11(2)7-9/h4-6H2,1-3H3. The normalized spacial score (nSPS) is 11.0. The van der Waals surface area contributed by atoms with E-state index >= 15 is 0 Å². The first-order valence-corrected chi connectivity index (χ1v) is 5.20. The molecule has 0 amide bonds. The predicted octanol–water partition coefficient (Wildman–Crippen LogP) is 1.92. The highest BCUT2D eigenvalue weighted by Crippen LogP contribution is 2.02. The fourth-order valence-corrected chi connectivity index (χ4v) is 1.22. The van der Waals surface area contributed by atoms with Gasteiger partial charge in [0.05, 0.1) is 0 Å². The lowest BCUT2D eigenvalue weighted by Gasteiger charge is -2.08. The van der Waals surface area contributed by atoms with Gasteiger partial charge in [0.15, 0.2) is 11.4 Å². The van der Waals surface area contributed by atoms with Gasteiger partial charge in [0, 0.05) is 13.6 Å². The number of unbranched alkanes of at least 4 members (excludes halogenated alkanes) is 1. The van der Waals surface area contributed by atoms with Gasteiger partial charge in [-0.25, -0.2) is 0 Å². The summed E-state index contributed by atoms with van der Waals surface area (Å²) in [6.07, 6.45) is 6.18. The Labute approximate surface area is 78.5 Å². The van der Waals surface area contributed by atoms with Crippen molar-refractivity contribution in [2.24, 2.45) is 4.99 Å². The molecule has 12 heavy (non-hydrogen) atoms. The van der Waals surface area contributed by atoms with E-state index < -0.39 is 0 Å². The highest BCUT2D eigenvalue weighted by Gasteiger charge is 2.01. The van der Waals surface area contributed by atoms with Crippen LogP contribution in [0.2, 0.25) is 0 Å². The molecule has 0 bridgehead atoms. The molecule has 0 aliphatic carbocycles. The minimum absolute atomic E-state index is 0.797. The average molecular weight is 185 g/mol. The van der Waals surface area contributed by atoms with Crippen molar-refractivity contribution < 1.29 is 0 Å². The second kappa shape index (κ2) is 6.99. The van der Waals surface area contributed by atoms with Crippen LogP contribution in [0.5, 0.6) is 0 Å². The molecule has 0 heterocycles. The van der Waals surface area contributed by atoms with Crippen molar-refractivity contribution in [1.29, 1.82) is 5.26 Å². The maximum Gasteiger partial charge on any atom is 0.185 e. The van der Waals surface area contributed by atoms with E-state index in [1.54, 1.807) is 7.05 Å². The summed E-state index contributed by atoms with van der Waals surface area (Å²) in [6, 6.07) is 0. The molecule has 0 fully saturated rings. The maximum absolute atomic E-state index is 8.57. The minimum Gasteiger partial charge on any atom is -0.262 e. The third-order valence-corrected chi connectivity index (χ3v) is 2.15. The molecular formula is C8H15N3S. The first-order chi connectivity index (χ1) is 5.76. The molecule has 0 atom stereocenters. The molecule has 0 aromatic carbocycles. The topological polar surface area (TPSA) is 39.4 Å². The Morgan fingerprint density at radius 1 is 1.67 bits per heavy atom. The van der Waals surface area contributed by atoms with Crippen molar-refractivity contribution in [2.75, 3.05) is 19.8 Å². The molecule has 0 rings (SSSR count). The highest BCUT2D eigenvalue weighted by atomic mass is 32.2. The molecule has 0 aliphatic rings. The number of hydrogen-bond donors (Lipinski definition) is 0. The minimum atomic E-state index is 0.797. The van der Waals surface area contributed by atoms with E-state index in [0.717, 1.165) is 24.6 Å². The third-order valence-electron chi connectivity index (χ3n) is 1.38. The first kappa shape index (κ1) is 11.3. The zero-order valence-electron chi connectivity index (χ0n) is 7.87. The van der Waals surface area contributed by atoms with Crippen LogP contribution in [0.1, 0.15) is 19.8 Å². The highest BCUT2D eigenvalue weighted by molar-refractivity contribution is 8.13. The molecule has 0 aromatic heterocycles. The van der Waals surface area contributed by atoms with Crippen LogP contribution in [0.25, 0.3) is 0 Å². The van der Waals surface area contributed by atoms with Crippen LogP contribution in [-0.2, 0) is 0 Å². The monoisotopic (exact) mass is 185 g/mol. The number of rotatable bonds is 3. The quantitative estimate of drug-likeness (QED) is 0.222. The fraction of sp³-hybridized carbons (Fsp3) is 0.750. The molecule has 3 nitrogen and oxygen atoms in total. The summed E-state index contributed by atoms with van der Waals surface area (Å²) in [5.74, 6) is 0. The van der Waals surface area contributed by atoms with Crippen LogP contribution in [0, 0.1) is 11.5 Å². The Bertz CT molecular complexity index is 183. The second-order valence-corrected chi connectivity index (χ2v) is 3.15. The van der Waals surface area contributed by atoms with Crippen molar-refractivity contribution in [1.82, 2.24) is 4.90 Å². The van der Waals surface area contributed by atoms with Crippen molar-refractivity contribution in [3.8, 4) is 6.19 Å². The van der Waals surface area contributed by atoms with E-state index in [4.69, 9.17) is 5.26 Å². The van der Waals surface area contributed by atoms with Gasteiger partial charge in [-0.3, -0.25) is 9.89 Å². The van der Waals surface area contributed by atoms with Gasteiger partial charge in [-0.15, -0.1) is 0 Å². The van der Waals surface area contributed by atoms with Gasteiger partial charge in [0.2, 0.25) is 0 Å². The summed E-state index contributed by atoms with van der Waals surface area (Å²) < 4.78 is 0. The molecule has 0 radical (unpaired) electrons. The lowest BCUT2D eigenvalue weighted by molar-refractivity contribution is 0.711. The van der Waals surface area contributed by atoms with Gasteiger partial charge in [-0.1, -0.05) is 25.1 Å². The summed E-state index contributed by atoms with van der Waals surface area (Å²) in [6.45, 7) is 2.95. The Balaban J connectivity index is 3.97. The Kier molecular flexibility index (Phi) is 6.58. The van der Waals surface area contributed by atoms with Gasteiger partial charge < -0.3 is 0 Å². The summed E-state index contributed by atoms with van der Waals surface area (Å²) in [7, 11) is 1.72. The summed E-state index contributed by atoms with van der Waals surface area (Å²) >= 11 is 1.51. The molecule has 0 aliphatic heterocycles. The van der Waals surface area contributed by atoms with E-state index in [9.17, 15) is 0 Å².